The molecule has 1 aromatic carbocycles. The van der Waals surface area contributed by atoms with Crippen LogP contribution in [0.1, 0.15) is 63.0 Å². The van der Waals surface area contributed by atoms with Gasteiger partial charge in [0.2, 0.25) is 0 Å². The maximum absolute atomic E-state index is 6.42. The molecule has 21 heavy (non-hydrogen) atoms. The Hall–Kier alpha value is -0.530. The van der Waals surface area contributed by atoms with Crippen LogP contribution in [0.25, 0.3) is 0 Å². The fraction of sp³-hybridized carbons (Fsp3) is 0.684. The molecule has 118 valence electrons. The second-order valence-electron chi connectivity index (χ2n) is 7.06. The second kappa shape index (κ2) is 7.65. The Kier molecular flexibility index (Phi) is 6.13. The highest BCUT2D eigenvalue weighted by atomic mass is 35.5. The Morgan fingerprint density at radius 3 is 2.57 bits per heavy atom. The zero-order chi connectivity index (χ0) is 15.3. The van der Waals surface area contributed by atoms with Crippen LogP contribution >= 0.6 is 11.6 Å². The van der Waals surface area contributed by atoms with Gasteiger partial charge in [0.25, 0.3) is 0 Å². The van der Waals surface area contributed by atoms with Gasteiger partial charge < -0.3 is 5.73 Å². The summed E-state index contributed by atoms with van der Waals surface area (Å²) >= 11 is 6.42. The highest BCUT2D eigenvalue weighted by Gasteiger charge is 2.34. The molecule has 1 saturated carbocycles. The topological polar surface area (TPSA) is 26.0 Å². The molecule has 0 amide bonds. The van der Waals surface area contributed by atoms with E-state index in [4.69, 9.17) is 17.3 Å². The highest BCUT2D eigenvalue weighted by molar-refractivity contribution is 6.31. The smallest absolute Gasteiger partial charge is 0.0440 e. The molecule has 2 N–H and O–H groups in total. The van der Waals surface area contributed by atoms with E-state index in [2.05, 4.69) is 32.0 Å². The van der Waals surface area contributed by atoms with Crippen LogP contribution in [0, 0.1) is 18.3 Å². The lowest BCUT2D eigenvalue weighted by Crippen LogP contribution is -2.37. The van der Waals surface area contributed by atoms with Crippen molar-refractivity contribution in [2.24, 2.45) is 17.1 Å². The van der Waals surface area contributed by atoms with Gasteiger partial charge in [-0.05, 0) is 74.1 Å². The molecule has 1 aromatic rings. The summed E-state index contributed by atoms with van der Waals surface area (Å²) in [5, 5.41) is 0.913. The SMILES string of the molecule is CCCCC1CCC(CN)(Cc2ccc(C)cc2Cl)CC1. The Balaban J connectivity index is 1.99. The Labute approximate surface area is 135 Å². The lowest BCUT2D eigenvalue weighted by molar-refractivity contribution is 0.150. The highest BCUT2D eigenvalue weighted by Crippen LogP contribution is 2.43. The van der Waals surface area contributed by atoms with Crippen molar-refractivity contribution in [3.63, 3.8) is 0 Å². The van der Waals surface area contributed by atoms with Gasteiger partial charge in [-0.15, -0.1) is 0 Å². The Bertz CT molecular complexity index is 447. The third-order valence-corrected chi connectivity index (χ3v) is 5.69. The molecular weight excluding hydrogens is 278 g/mol. The molecule has 2 heteroatoms. The molecule has 0 bridgehead atoms. The number of halogens is 1. The van der Waals surface area contributed by atoms with E-state index in [9.17, 15) is 0 Å². The standard InChI is InChI=1S/C19H30ClN/c1-3-4-5-16-8-10-19(14-21,11-9-16)13-17-7-6-15(2)12-18(17)20/h6-7,12,16H,3-5,8-11,13-14,21H2,1-2H3. The molecule has 2 rings (SSSR count). The van der Waals surface area contributed by atoms with Gasteiger partial charge in [-0.2, -0.15) is 0 Å². The number of hydrogen-bond acceptors (Lipinski definition) is 1. The summed E-state index contributed by atoms with van der Waals surface area (Å²) in [4.78, 5) is 0. The van der Waals surface area contributed by atoms with Gasteiger partial charge in [0.1, 0.15) is 0 Å². The second-order valence-corrected chi connectivity index (χ2v) is 7.47. The van der Waals surface area contributed by atoms with Gasteiger partial charge in [0.05, 0.1) is 0 Å². The van der Waals surface area contributed by atoms with E-state index in [1.807, 2.05) is 0 Å². The number of aryl methyl sites for hydroxylation is 1. The van der Waals surface area contributed by atoms with Crippen molar-refractivity contribution in [3.8, 4) is 0 Å². The maximum Gasteiger partial charge on any atom is 0.0440 e. The van der Waals surface area contributed by atoms with Crippen molar-refractivity contribution in [1.82, 2.24) is 0 Å². The van der Waals surface area contributed by atoms with Crippen molar-refractivity contribution < 1.29 is 0 Å². The zero-order valence-corrected chi connectivity index (χ0v) is 14.4. The summed E-state index contributed by atoms with van der Waals surface area (Å²) in [5.74, 6) is 0.929. The lowest BCUT2D eigenvalue weighted by atomic mass is 9.66. The molecule has 1 aliphatic carbocycles. The third kappa shape index (κ3) is 4.47. The molecule has 1 aliphatic rings. The zero-order valence-electron chi connectivity index (χ0n) is 13.6. The minimum absolute atomic E-state index is 0.279. The Morgan fingerprint density at radius 1 is 1.29 bits per heavy atom. The van der Waals surface area contributed by atoms with Crippen molar-refractivity contribution in [2.45, 2.75) is 65.2 Å². The monoisotopic (exact) mass is 307 g/mol. The van der Waals surface area contributed by atoms with Gasteiger partial charge in [-0.1, -0.05) is 49.9 Å². The predicted molar refractivity (Wildman–Crippen MR) is 92.9 cm³/mol. The van der Waals surface area contributed by atoms with Crippen molar-refractivity contribution in [2.75, 3.05) is 6.54 Å². The van der Waals surface area contributed by atoms with Crippen molar-refractivity contribution in [1.29, 1.82) is 0 Å². The summed E-state index contributed by atoms with van der Waals surface area (Å²) < 4.78 is 0. The van der Waals surface area contributed by atoms with E-state index in [0.717, 1.165) is 23.9 Å². The quantitative estimate of drug-likeness (QED) is 0.736. The molecule has 0 aliphatic heterocycles. The maximum atomic E-state index is 6.42. The first-order valence-corrected chi connectivity index (χ1v) is 8.91. The van der Waals surface area contributed by atoms with Crippen LogP contribution < -0.4 is 5.73 Å². The number of rotatable bonds is 6. The van der Waals surface area contributed by atoms with E-state index in [1.165, 1.54) is 56.1 Å². The van der Waals surface area contributed by atoms with Crippen LogP contribution in [0.5, 0.6) is 0 Å². The molecule has 0 unspecified atom stereocenters. The molecule has 0 heterocycles. The third-order valence-electron chi connectivity index (χ3n) is 5.34. The van der Waals surface area contributed by atoms with Gasteiger partial charge in [0, 0.05) is 5.02 Å². The minimum atomic E-state index is 0.279. The van der Waals surface area contributed by atoms with E-state index in [0.29, 0.717) is 0 Å². The number of unbranched alkanes of at least 4 members (excludes halogenated alkanes) is 1. The van der Waals surface area contributed by atoms with E-state index in [1.54, 1.807) is 0 Å². The summed E-state index contributed by atoms with van der Waals surface area (Å²) in [6, 6.07) is 6.44. The molecule has 0 radical (unpaired) electrons. The van der Waals surface area contributed by atoms with E-state index >= 15 is 0 Å². The first-order valence-electron chi connectivity index (χ1n) is 8.53. The largest absolute Gasteiger partial charge is 0.330 e. The molecule has 0 saturated heterocycles. The molecule has 1 nitrogen and oxygen atoms in total. The fourth-order valence-corrected chi connectivity index (χ4v) is 4.03. The van der Waals surface area contributed by atoms with Crippen LogP contribution in [0.4, 0.5) is 0 Å². The molecular formula is C19H30ClN. The summed E-state index contributed by atoms with van der Waals surface area (Å²) in [6.45, 7) is 5.16. The molecule has 0 spiro atoms. The minimum Gasteiger partial charge on any atom is -0.330 e. The Morgan fingerprint density at radius 2 is 2.00 bits per heavy atom. The first-order chi connectivity index (χ1) is 10.1. The van der Waals surface area contributed by atoms with E-state index in [-0.39, 0.29) is 5.41 Å². The van der Waals surface area contributed by atoms with Crippen molar-refractivity contribution >= 4 is 11.6 Å². The average molecular weight is 308 g/mol. The van der Waals surface area contributed by atoms with Crippen LogP contribution in [-0.2, 0) is 6.42 Å². The average Bonchev–Trinajstić information content (AvgIpc) is 2.49. The van der Waals surface area contributed by atoms with Gasteiger partial charge in [-0.3, -0.25) is 0 Å². The van der Waals surface area contributed by atoms with Gasteiger partial charge in [0.15, 0.2) is 0 Å². The lowest BCUT2D eigenvalue weighted by Gasteiger charge is -2.40. The molecule has 1 fully saturated rings. The van der Waals surface area contributed by atoms with Crippen molar-refractivity contribution in [3.05, 3.63) is 34.3 Å². The fourth-order valence-electron chi connectivity index (χ4n) is 3.72. The molecule has 0 atom stereocenters. The summed E-state index contributed by atoms with van der Waals surface area (Å²) in [6.07, 6.45) is 10.4. The number of benzene rings is 1. The molecule has 0 aromatic heterocycles. The van der Waals surface area contributed by atoms with Gasteiger partial charge in [-0.25, -0.2) is 0 Å². The van der Waals surface area contributed by atoms with Crippen LogP contribution in [0.15, 0.2) is 18.2 Å². The number of hydrogen-bond donors (Lipinski definition) is 1. The normalized spacial score (nSPS) is 26.0. The predicted octanol–water partition coefficient (Wildman–Crippen LogP) is 5.52. The first kappa shape index (κ1) is 16.8. The van der Waals surface area contributed by atoms with Crippen LogP contribution in [0.3, 0.4) is 0 Å². The summed E-state index contributed by atoms with van der Waals surface area (Å²) in [5.41, 5.74) is 8.96. The number of nitrogens with two attached hydrogens (primary N) is 1. The van der Waals surface area contributed by atoms with Crippen LogP contribution in [0.2, 0.25) is 5.02 Å². The van der Waals surface area contributed by atoms with E-state index < -0.39 is 0 Å². The van der Waals surface area contributed by atoms with Crippen LogP contribution in [-0.4, -0.2) is 6.54 Å². The van der Waals surface area contributed by atoms with Gasteiger partial charge >= 0.3 is 0 Å². The summed E-state index contributed by atoms with van der Waals surface area (Å²) in [7, 11) is 0.